The van der Waals surface area contributed by atoms with Gasteiger partial charge in [-0.3, -0.25) is 0 Å². The van der Waals surface area contributed by atoms with E-state index in [0.717, 1.165) is 11.8 Å². The third-order valence-corrected chi connectivity index (χ3v) is 4.75. The zero-order chi connectivity index (χ0) is 14.4. The maximum absolute atomic E-state index is 3.76. The largest absolute Gasteiger partial charge is 0.314 e. The molecule has 0 heterocycles. The van der Waals surface area contributed by atoms with Crippen LogP contribution in [0.3, 0.4) is 0 Å². The van der Waals surface area contributed by atoms with Gasteiger partial charge in [0.15, 0.2) is 0 Å². The lowest BCUT2D eigenvalue weighted by Gasteiger charge is -2.28. The highest BCUT2D eigenvalue weighted by Gasteiger charge is 2.18. The minimum atomic E-state index is 0.632. The number of nitrogens with one attached hydrogen (secondary N) is 1. The second-order valence-electron chi connectivity index (χ2n) is 6.97. The van der Waals surface area contributed by atoms with Gasteiger partial charge in [0, 0.05) is 6.04 Å². The van der Waals surface area contributed by atoms with Crippen molar-refractivity contribution < 1.29 is 0 Å². The van der Waals surface area contributed by atoms with Gasteiger partial charge in [0.2, 0.25) is 0 Å². The minimum Gasteiger partial charge on any atom is -0.314 e. The number of benzene rings is 1. The molecule has 0 bridgehead atoms. The third kappa shape index (κ3) is 5.28. The molecule has 1 N–H and O–H groups in total. The Morgan fingerprint density at radius 3 is 2.90 bits per heavy atom. The quantitative estimate of drug-likeness (QED) is 0.790. The van der Waals surface area contributed by atoms with Crippen LogP contribution in [0, 0.1) is 18.8 Å². The molecular formula is C19H31N. The lowest BCUT2D eigenvalue weighted by Crippen LogP contribution is -2.33. The molecule has 1 nitrogen and oxygen atoms in total. The molecule has 0 aromatic heterocycles. The van der Waals surface area contributed by atoms with E-state index in [2.05, 4.69) is 50.4 Å². The van der Waals surface area contributed by atoms with Crippen LogP contribution in [-0.2, 0) is 6.42 Å². The summed E-state index contributed by atoms with van der Waals surface area (Å²) in [5.41, 5.74) is 2.85. The number of rotatable bonds is 6. The Balaban J connectivity index is 1.66. The molecule has 1 aliphatic rings. The Bertz CT molecular complexity index is 399. The Morgan fingerprint density at radius 2 is 2.15 bits per heavy atom. The second kappa shape index (κ2) is 7.83. The van der Waals surface area contributed by atoms with Gasteiger partial charge in [0.25, 0.3) is 0 Å². The van der Waals surface area contributed by atoms with Gasteiger partial charge in [-0.25, -0.2) is 0 Å². The van der Waals surface area contributed by atoms with E-state index in [0.29, 0.717) is 6.04 Å². The molecule has 3 atom stereocenters. The fourth-order valence-electron chi connectivity index (χ4n) is 3.47. The van der Waals surface area contributed by atoms with E-state index in [1.165, 1.54) is 56.2 Å². The van der Waals surface area contributed by atoms with Gasteiger partial charge in [-0.1, -0.05) is 49.6 Å². The van der Waals surface area contributed by atoms with Crippen molar-refractivity contribution in [2.75, 3.05) is 6.54 Å². The summed E-state index contributed by atoms with van der Waals surface area (Å²) in [6, 6.07) is 9.55. The van der Waals surface area contributed by atoms with Gasteiger partial charge in [-0.05, 0) is 63.5 Å². The van der Waals surface area contributed by atoms with Gasteiger partial charge in [-0.15, -0.1) is 0 Å². The van der Waals surface area contributed by atoms with Crippen LogP contribution in [0.5, 0.6) is 0 Å². The molecule has 1 aliphatic carbocycles. The van der Waals surface area contributed by atoms with Crippen molar-refractivity contribution in [2.45, 2.75) is 65.3 Å². The normalized spacial score (nSPS) is 24.6. The van der Waals surface area contributed by atoms with E-state index in [4.69, 9.17) is 0 Å². The van der Waals surface area contributed by atoms with Crippen LogP contribution >= 0.6 is 0 Å². The molecule has 1 aromatic carbocycles. The summed E-state index contributed by atoms with van der Waals surface area (Å²) in [5, 5.41) is 3.76. The molecule has 20 heavy (non-hydrogen) atoms. The molecular weight excluding hydrogens is 242 g/mol. The molecule has 112 valence electrons. The van der Waals surface area contributed by atoms with E-state index in [-0.39, 0.29) is 0 Å². The molecule has 0 saturated heterocycles. The molecule has 1 aromatic rings. The summed E-state index contributed by atoms with van der Waals surface area (Å²) in [5.74, 6) is 1.86. The molecule has 0 radical (unpaired) electrons. The molecule has 1 saturated carbocycles. The number of hydrogen-bond donors (Lipinski definition) is 1. The van der Waals surface area contributed by atoms with Crippen LogP contribution in [0.15, 0.2) is 24.3 Å². The van der Waals surface area contributed by atoms with Crippen molar-refractivity contribution in [3.63, 3.8) is 0 Å². The molecule has 1 heteroatoms. The highest BCUT2D eigenvalue weighted by atomic mass is 14.9. The average molecular weight is 273 g/mol. The Kier molecular flexibility index (Phi) is 6.09. The van der Waals surface area contributed by atoms with Gasteiger partial charge >= 0.3 is 0 Å². The summed E-state index contributed by atoms with van der Waals surface area (Å²) in [6.45, 7) is 8.14. The standard InChI is InChI=1S/C19H31N/c1-15-6-4-8-18(12-15)11-10-17(3)20-14-19-9-5-7-16(2)13-19/h4,6,8,12,16-17,19-20H,5,7,9-11,13-14H2,1-3H3. The summed E-state index contributed by atoms with van der Waals surface area (Å²) < 4.78 is 0. The van der Waals surface area contributed by atoms with Gasteiger partial charge < -0.3 is 5.32 Å². The van der Waals surface area contributed by atoms with Crippen LogP contribution in [0.4, 0.5) is 0 Å². The molecule has 0 aliphatic heterocycles. The van der Waals surface area contributed by atoms with Crippen molar-refractivity contribution in [1.29, 1.82) is 0 Å². The third-order valence-electron chi connectivity index (χ3n) is 4.75. The van der Waals surface area contributed by atoms with E-state index in [1.54, 1.807) is 0 Å². The fraction of sp³-hybridized carbons (Fsp3) is 0.684. The van der Waals surface area contributed by atoms with E-state index < -0.39 is 0 Å². The van der Waals surface area contributed by atoms with Crippen LogP contribution in [0.1, 0.15) is 57.1 Å². The van der Waals surface area contributed by atoms with Crippen molar-refractivity contribution in [3.8, 4) is 0 Å². The van der Waals surface area contributed by atoms with Crippen molar-refractivity contribution >= 4 is 0 Å². The molecule has 3 unspecified atom stereocenters. The SMILES string of the molecule is Cc1cccc(CCC(C)NCC2CCCC(C)C2)c1. The summed E-state index contributed by atoms with van der Waals surface area (Å²) in [7, 11) is 0. The van der Waals surface area contributed by atoms with Crippen molar-refractivity contribution in [3.05, 3.63) is 35.4 Å². The first-order valence-corrected chi connectivity index (χ1v) is 8.42. The molecule has 1 fully saturated rings. The van der Waals surface area contributed by atoms with E-state index in [1.807, 2.05) is 0 Å². The topological polar surface area (TPSA) is 12.0 Å². The van der Waals surface area contributed by atoms with Crippen LogP contribution < -0.4 is 5.32 Å². The van der Waals surface area contributed by atoms with E-state index in [9.17, 15) is 0 Å². The van der Waals surface area contributed by atoms with Gasteiger partial charge in [-0.2, -0.15) is 0 Å². The van der Waals surface area contributed by atoms with Crippen LogP contribution in [0.25, 0.3) is 0 Å². The Labute approximate surface area is 125 Å². The molecule has 0 spiro atoms. The zero-order valence-corrected chi connectivity index (χ0v) is 13.5. The zero-order valence-electron chi connectivity index (χ0n) is 13.5. The minimum absolute atomic E-state index is 0.632. The second-order valence-corrected chi connectivity index (χ2v) is 6.97. The number of aryl methyl sites for hydroxylation is 2. The van der Waals surface area contributed by atoms with Crippen LogP contribution in [-0.4, -0.2) is 12.6 Å². The lowest BCUT2D eigenvalue weighted by atomic mass is 9.82. The Hall–Kier alpha value is -0.820. The average Bonchev–Trinajstić information content (AvgIpc) is 2.43. The predicted molar refractivity (Wildman–Crippen MR) is 88.1 cm³/mol. The maximum Gasteiger partial charge on any atom is 0.00420 e. The maximum atomic E-state index is 3.76. The molecule has 2 rings (SSSR count). The monoisotopic (exact) mass is 273 g/mol. The first-order chi connectivity index (χ1) is 9.63. The lowest BCUT2D eigenvalue weighted by molar-refractivity contribution is 0.267. The van der Waals surface area contributed by atoms with Crippen molar-refractivity contribution in [2.24, 2.45) is 11.8 Å². The first kappa shape index (κ1) is 15.6. The number of hydrogen-bond acceptors (Lipinski definition) is 1. The predicted octanol–water partition coefficient (Wildman–Crippen LogP) is 4.73. The summed E-state index contributed by atoms with van der Waals surface area (Å²) >= 11 is 0. The van der Waals surface area contributed by atoms with Gasteiger partial charge in [0.1, 0.15) is 0 Å². The fourth-order valence-corrected chi connectivity index (χ4v) is 3.47. The Morgan fingerprint density at radius 1 is 1.30 bits per heavy atom. The van der Waals surface area contributed by atoms with E-state index >= 15 is 0 Å². The summed E-state index contributed by atoms with van der Waals surface area (Å²) in [6.07, 6.45) is 8.17. The smallest absolute Gasteiger partial charge is 0.00420 e. The summed E-state index contributed by atoms with van der Waals surface area (Å²) in [4.78, 5) is 0. The first-order valence-electron chi connectivity index (χ1n) is 8.42. The van der Waals surface area contributed by atoms with Gasteiger partial charge in [0.05, 0.1) is 0 Å². The van der Waals surface area contributed by atoms with Crippen LogP contribution in [0.2, 0.25) is 0 Å². The van der Waals surface area contributed by atoms with Crippen molar-refractivity contribution in [1.82, 2.24) is 5.32 Å². The highest BCUT2D eigenvalue weighted by Crippen LogP contribution is 2.28. The molecule has 0 amide bonds. The highest BCUT2D eigenvalue weighted by molar-refractivity contribution is 5.22.